The number of rotatable bonds is 21. The van der Waals surface area contributed by atoms with Gasteiger partial charge in [0.15, 0.2) is 0 Å². The summed E-state index contributed by atoms with van der Waals surface area (Å²) in [5, 5.41) is 8.58. The molecule has 0 heterocycles. The highest BCUT2D eigenvalue weighted by molar-refractivity contribution is 5.66. The predicted molar refractivity (Wildman–Crippen MR) is 115 cm³/mol. The lowest BCUT2D eigenvalue weighted by atomic mass is 9.96. The van der Waals surface area contributed by atoms with Gasteiger partial charge in [-0.3, -0.25) is 4.79 Å². The second-order valence-corrected chi connectivity index (χ2v) is 8.48. The summed E-state index contributed by atoms with van der Waals surface area (Å²) >= 11 is 0. The summed E-state index contributed by atoms with van der Waals surface area (Å²) in [5.74, 6) is 0.282. The van der Waals surface area contributed by atoms with Crippen molar-refractivity contribution in [3.63, 3.8) is 0 Å². The first kappa shape index (κ1) is 25.5. The Kier molecular flexibility index (Phi) is 20.4. The fourth-order valence-corrected chi connectivity index (χ4v) is 3.78. The van der Waals surface area contributed by atoms with Crippen molar-refractivity contribution in [2.45, 2.75) is 142 Å². The zero-order valence-corrected chi connectivity index (χ0v) is 18.1. The Morgan fingerprint density at radius 2 is 0.962 bits per heavy atom. The topological polar surface area (TPSA) is 37.3 Å². The van der Waals surface area contributed by atoms with E-state index in [4.69, 9.17) is 5.11 Å². The van der Waals surface area contributed by atoms with Gasteiger partial charge >= 0.3 is 5.97 Å². The number of hydrogen-bond acceptors (Lipinski definition) is 1. The largest absolute Gasteiger partial charge is 0.481 e. The maximum atomic E-state index is 10.4. The van der Waals surface area contributed by atoms with Gasteiger partial charge in [-0.05, 0) is 12.3 Å². The van der Waals surface area contributed by atoms with Gasteiger partial charge in [0.1, 0.15) is 0 Å². The van der Waals surface area contributed by atoms with E-state index in [1.807, 2.05) is 0 Å². The van der Waals surface area contributed by atoms with Crippen LogP contribution in [0.3, 0.4) is 0 Å². The van der Waals surface area contributed by atoms with Crippen molar-refractivity contribution in [1.82, 2.24) is 0 Å². The molecule has 0 aromatic heterocycles. The SMILES string of the molecule is CCCCCCCCC(C)CCCCCCCCCCCCCC(=O)O. The number of unbranched alkanes of at least 4 members (excludes halogenated alkanes) is 15. The highest BCUT2D eigenvalue weighted by Crippen LogP contribution is 2.19. The number of carboxylic acids is 1. The van der Waals surface area contributed by atoms with Gasteiger partial charge in [-0.25, -0.2) is 0 Å². The molecule has 0 radical (unpaired) electrons. The summed E-state index contributed by atoms with van der Waals surface area (Å²) in [4.78, 5) is 10.4. The third-order valence-corrected chi connectivity index (χ3v) is 5.64. The average Bonchev–Trinajstić information content (AvgIpc) is 2.61. The van der Waals surface area contributed by atoms with Gasteiger partial charge in [-0.15, -0.1) is 0 Å². The van der Waals surface area contributed by atoms with Crippen molar-refractivity contribution < 1.29 is 9.90 Å². The lowest BCUT2D eigenvalue weighted by Crippen LogP contribution is -1.95. The molecule has 0 bridgehead atoms. The molecule has 0 aliphatic carbocycles. The van der Waals surface area contributed by atoms with Gasteiger partial charge in [-0.1, -0.05) is 129 Å². The van der Waals surface area contributed by atoms with Crippen molar-refractivity contribution in [2.24, 2.45) is 5.92 Å². The first-order valence-corrected chi connectivity index (χ1v) is 11.9. The van der Waals surface area contributed by atoms with Crippen LogP contribution in [0.25, 0.3) is 0 Å². The molecule has 1 N–H and O–H groups in total. The van der Waals surface area contributed by atoms with Crippen LogP contribution < -0.4 is 0 Å². The summed E-state index contributed by atoms with van der Waals surface area (Å²) in [6.45, 7) is 4.73. The first-order valence-electron chi connectivity index (χ1n) is 11.9. The minimum absolute atomic E-state index is 0.345. The van der Waals surface area contributed by atoms with Gasteiger partial charge in [0.05, 0.1) is 0 Å². The van der Waals surface area contributed by atoms with E-state index in [2.05, 4.69) is 13.8 Å². The van der Waals surface area contributed by atoms with Crippen molar-refractivity contribution in [3.05, 3.63) is 0 Å². The molecule has 0 saturated carbocycles. The summed E-state index contributed by atoms with van der Waals surface area (Å²) in [5.41, 5.74) is 0. The van der Waals surface area contributed by atoms with E-state index in [0.29, 0.717) is 6.42 Å². The highest BCUT2D eigenvalue weighted by Gasteiger charge is 2.02. The maximum absolute atomic E-state index is 10.4. The molecule has 1 atom stereocenters. The molecular weight excluding hydrogens is 320 g/mol. The molecule has 0 amide bonds. The van der Waals surface area contributed by atoms with Crippen LogP contribution in [0.5, 0.6) is 0 Å². The van der Waals surface area contributed by atoms with E-state index in [9.17, 15) is 4.79 Å². The Bertz CT molecular complexity index is 288. The van der Waals surface area contributed by atoms with Gasteiger partial charge in [-0.2, -0.15) is 0 Å². The van der Waals surface area contributed by atoms with Gasteiger partial charge in [0.2, 0.25) is 0 Å². The molecule has 0 fully saturated rings. The molecule has 0 rings (SSSR count). The molecule has 1 unspecified atom stereocenters. The lowest BCUT2D eigenvalue weighted by molar-refractivity contribution is -0.137. The minimum atomic E-state index is -0.651. The third-order valence-electron chi connectivity index (χ3n) is 5.64. The van der Waals surface area contributed by atoms with E-state index >= 15 is 0 Å². The maximum Gasteiger partial charge on any atom is 0.303 e. The normalized spacial score (nSPS) is 12.4. The van der Waals surface area contributed by atoms with E-state index in [-0.39, 0.29) is 0 Å². The zero-order chi connectivity index (χ0) is 19.3. The highest BCUT2D eigenvalue weighted by atomic mass is 16.4. The molecule has 0 saturated heterocycles. The second kappa shape index (κ2) is 20.8. The number of aliphatic carboxylic acids is 1. The van der Waals surface area contributed by atoms with Crippen LogP contribution in [0, 0.1) is 5.92 Å². The first-order chi connectivity index (χ1) is 12.7. The Morgan fingerprint density at radius 3 is 1.35 bits per heavy atom. The Hall–Kier alpha value is -0.530. The quantitative estimate of drug-likeness (QED) is 0.206. The van der Waals surface area contributed by atoms with Crippen molar-refractivity contribution in [1.29, 1.82) is 0 Å². The Balaban J connectivity index is 3.12. The van der Waals surface area contributed by atoms with Crippen molar-refractivity contribution in [3.8, 4) is 0 Å². The van der Waals surface area contributed by atoms with E-state index < -0.39 is 5.97 Å². The molecular formula is C24H48O2. The summed E-state index contributed by atoms with van der Waals surface area (Å²) in [7, 11) is 0. The van der Waals surface area contributed by atoms with Crippen molar-refractivity contribution in [2.75, 3.05) is 0 Å². The standard InChI is InChI=1S/C24H48O2/c1-3-4-5-6-14-17-20-23(2)21-18-15-12-10-8-7-9-11-13-16-19-22-24(25)26/h23H,3-22H2,1-2H3,(H,25,26). The zero-order valence-electron chi connectivity index (χ0n) is 18.1. The van der Waals surface area contributed by atoms with E-state index in [1.165, 1.54) is 109 Å². The van der Waals surface area contributed by atoms with Crippen LogP contribution in [-0.4, -0.2) is 11.1 Å². The van der Waals surface area contributed by atoms with Gasteiger partial charge in [0.25, 0.3) is 0 Å². The molecule has 26 heavy (non-hydrogen) atoms. The van der Waals surface area contributed by atoms with E-state index in [0.717, 1.165) is 18.8 Å². The molecule has 0 aliphatic rings. The molecule has 0 spiro atoms. The van der Waals surface area contributed by atoms with Crippen LogP contribution in [0.15, 0.2) is 0 Å². The Morgan fingerprint density at radius 1 is 0.615 bits per heavy atom. The van der Waals surface area contributed by atoms with E-state index in [1.54, 1.807) is 0 Å². The van der Waals surface area contributed by atoms with Gasteiger partial charge < -0.3 is 5.11 Å². The van der Waals surface area contributed by atoms with Crippen LogP contribution in [0.1, 0.15) is 142 Å². The Labute approximate surface area is 164 Å². The van der Waals surface area contributed by atoms with Crippen LogP contribution in [0.2, 0.25) is 0 Å². The smallest absolute Gasteiger partial charge is 0.303 e. The monoisotopic (exact) mass is 368 g/mol. The number of hydrogen-bond donors (Lipinski definition) is 1. The second-order valence-electron chi connectivity index (χ2n) is 8.48. The number of carboxylic acid groups (broad SMARTS) is 1. The molecule has 0 aliphatic heterocycles. The van der Waals surface area contributed by atoms with Crippen molar-refractivity contribution >= 4 is 5.97 Å². The van der Waals surface area contributed by atoms with Gasteiger partial charge in [0, 0.05) is 6.42 Å². The fourth-order valence-electron chi connectivity index (χ4n) is 3.78. The summed E-state index contributed by atoms with van der Waals surface area (Å²) in [6.07, 6.45) is 26.0. The summed E-state index contributed by atoms with van der Waals surface area (Å²) < 4.78 is 0. The number of carbonyl (C=O) groups is 1. The average molecular weight is 369 g/mol. The predicted octanol–water partition coefficient (Wildman–Crippen LogP) is 8.53. The van der Waals surface area contributed by atoms with Crippen LogP contribution >= 0.6 is 0 Å². The molecule has 2 heteroatoms. The van der Waals surface area contributed by atoms with Crippen LogP contribution in [-0.2, 0) is 4.79 Å². The summed E-state index contributed by atoms with van der Waals surface area (Å²) in [6, 6.07) is 0. The third kappa shape index (κ3) is 21.5. The lowest BCUT2D eigenvalue weighted by Gasteiger charge is -2.11. The minimum Gasteiger partial charge on any atom is -0.481 e. The van der Waals surface area contributed by atoms with Crippen LogP contribution in [0.4, 0.5) is 0 Å². The molecule has 0 aromatic carbocycles. The molecule has 0 aromatic rings. The molecule has 2 nitrogen and oxygen atoms in total. The molecule has 156 valence electrons. The fraction of sp³-hybridized carbons (Fsp3) is 0.958.